The van der Waals surface area contributed by atoms with Crippen molar-refractivity contribution in [2.24, 2.45) is 0 Å². The number of urea groups is 1. The fourth-order valence-corrected chi connectivity index (χ4v) is 2.49. The number of imide groups is 3. The molecule has 2 aromatic carbocycles. The van der Waals surface area contributed by atoms with Crippen molar-refractivity contribution in [1.29, 1.82) is 0 Å². The van der Waals surface area contributed by atoms with E-state index >= 15 is 0 Å². The monoisotopic (exact) mass is 350 g/mol. The van der Waals surface area contributed by atoms with Crippen molar-refractivity contribution in [2.75, 3.05) is 0 Å². The van der Waals surface area contributed by atoms with E-state index < -0.39 is 41.1 Å². The van der Waals surface area contributed by atoms with E-state index in [0.29, 0.717) is 10.6 Å². The summed E-state index contributed by atoms with van der Waals surface area (Å²) in [6.45, 7) is 0. The predicted molar refractivity (Wildman–Crippen MR) is 80.3 cm³/mol. The molecule has 8 heteroatoms. The van der Waals surface area contributed by atoms with Gasteiger partial charge >= 0.3 is 6.03 Å². The number of amides is 4. The molecule has 1 fully saturated rings. The second-order valence-corrected chi connectivity index (χ2v) is 5.45. The number of halogens is 3. The van der Waals surface area contributed by atoms with Crippen LogP contribution in [0.15, 0.2) is 42.5 Å². The molecular formula is C16H9ClF2N2O3. The van der Waals surface area contributed by atoms with Crippen LogP contribution in [0, 0.1) is 11.6 Å². The van der Waals surface area contributed by atoms with Gasteiger partial charge in [-0.15, -0.1) is 0 Å². The normalized spacial score (nSPS) is 17.1. The van der Waals surface area contributed by atoms with E-state index in [0.717, 1.165) is 18.2 Å². The van der Waals surface area contributed by atoms with Crippen LogP contribution in [0.3, 0.4) is 0 Å². The van der Waals surface area contributed by atoms with Crippen LogP contribution in [-0.2, 0) is 4.79 Å². The zero-order valence-electron chi connectivity index (χ0n) is 11.9. The summed E-state index contributed by atoms with van der Waals surface area (Å²) in [6.07, 6.45) is 0. The molecule has 24 heavy (non-hydrogen) atoms. The summed E-state index contributed by atoms with van der Waals surface area (Å²) in [4.78, 5) is 36.8. The quantitative estimate of drug-likeness (QED) is 0.668. The Hall–Kier alpha value is -2.80. The molecule has 1 heterocycles. The summed E-state index contributed by atoms with van der Waals surface area (Å²) in [5.74, 6) is -4.59. The minimum atomic E-state index is -1.36. The predicted octanol–water partition coefficient (Wildman–Crippen LogP) is 3.05. The van der Waals surface area contributed by atoms with Gasteiger partial charge in [-0.1, -0.05) is 29.8 Å². The lowest BCUT2D eigenvalue weighted by Crippen LogP contribution is -2.38. The summed E-state index contributed by atoms with van der Waals surface area (Å²) in [7, 11) is 0. The maximum atomic E-state index is 13.7. The fraction of sp³-hybridized carbons (Fsp3) is 0.0625. The second kappa shape index (κ2) is 6.01. The lowest BCUT2D eigenvalue weighted by atomic mass is 10.1. The molecule has 0 aliphatic carbocycles. The maximum Gasteiger partial charge on any atom is 0.332 e. The first kappa shape index (κ1) is 16.1. The third kappa shape index (κ3) is 2.63. The van der Waals surface area contributed by atoms with Crippen LogP contribution in [0.4, 0.5) is 13.6 Å². The largest absolute Gasteiger partial charge is 0.332 e. The van der Waals surface area contributed by atoms with Gasteiger partial charge in [0.1, 0.15) is 23.2 Å². The Balaban J connectivity index is 1.95. The highest BCUT2D eigenvalue weighted by atomic mass is 35.5. The van der Waals surface area contributed by atoms with Crippen molar-refractivity contribution < 1.29 is 23.2 Å². The number of nitrogens with zero attached hydrogens (tertiary/aromatic N) is 1. The zero-order chi connectivity index (χ0) is 17.4. The summed E-state index contributed by atoms with van der Waals surface area (Å²) >= 11 is 5.76. The molecule has 1 saturated heterocycles. The topological polar surface area (TPSA) is 66.5 Å². The first-order chi connectivity index (χ1) is 11.4. The van der Waals surface area contributed by atoms with E-state index in [1.165, 1.54) is 24.3 Å². The molecule has 1 aliphatic heterocycles. The van der Waals surface area contributed by atoms with Crippen LogP contribution in [0.1, 0.15) is 22.0 Å². The van der Waals surface area contributed by atoms with Gasteiger partial charge in [0.15, 0.2) is 0 Å². The van der Waals surface area contributed by atoms with Gasteiger partial charge in [0.2, 0.25) is 0 Å². The van der Waals surface area contributed by atoms with Gasteiger partial charge in [-0.3, -0.25) is 9.59 Å². The van der Waals surface area contributed by atoms with E-state index in [2.05, 4.69) is 5.32 Å². The lowest BCUT2D eigenvalue weighted by molar-refractivity contribution is -0.125. The van der Waals surface area contributed by atoms with Gasteiger partial charge in [-0.2, -0.15) is 4.90 Å². The van der Waals surface area contributed by atoms with Gasteiger partial charge in [0.25, 0.3) is 11.8 Å². The molecule has 122 valence electrons. The fourth-order valence-electron chi connectivity index (χ4n) is 2.37. The molecular weight excluding hydrogens is 342 g/mol. The Kier molecular flexibility index (Phi) is 4.02. The number of rotatable bonds is 2. The van der Waals surface area contributed by atoms with Crippen LogP contribution in [-0.4, -0.2) is 22.7 Å². The molecule has 0 spiro atoms. The molecule has 0 bridgehead atoms. The molecule has 2 aromatic rings. The lowest BCUT2D eigenvalue weighted by Gasteiger charge is -2.12. The van der Waals surface area contributed by atoms with Crippen molar-refractivity contribution in [1.82, 2.24) is 10.2 Å². The van der Waals surface area contributed by atoms with E-state index in [4.69, 9.17) is 11.6 Å². The van der Waals surface area contributed by atoms with Gasteiger partial charge < -0.3 is 5.32 Å². The van der Waals surface area contributed by atoms with Gasteiger partial charge in [0, 0.05) is 5.02 Å². The molecule has 1 aliphatic rings. The van der Waals surface area contributed by atoms with Crippen LogP contribution in [0.2, 0.25) is 5.02 Å². The smallest absolute Gasteiger partial charge is 0.321 e. The third-order valence-corrected chi connectivity index (χ3v) is 3.77. The van der Waals surface area contributed by atoms with E-state index in [1.54, 1.807) is 0 Å². The third-order valence-electron chi connectivity index (χ3n) is 3.52. The molecule has 4 amide bonds. The molecule has 1 N–H and O–H groups in total. The Morgan fingerprint density at radius 2 is 1.62 bits per heavy atom. The first-order valence-corrected chi connectivity index (χ1v) is 7.16. The van der Waals surface area contributed by atoms with Gasteiger partial charge in [-0.25, -0.2) is 13.6 Å². The van der Waals surface area contributed by atoms with Crippen molar-refractivity contribution in [3.05, 3.63) is 70.2 Å². The Morgan fingerprint density at radius 1 is 1.04 bits per heavy atom. The molecule has 0 saturated carbocycles. The van der Waals surface area contributed by atoms with Crippen molar-refractivity contribution >= 4 is 29.4 Å². The molecule has 0 radical (unpaired) electrons. The highest BCUT2D eigenvalue weighted by Gasteiger charge is 2.44. The summed E-state index contributed by atoms with van der Waals surface area (Å²) < 4.78 is 27.5. The molecule has 1 atom stereocenters. The number of carbonyl (C=O) groups excluding carboxylic acids is 3. The number of hydrogen-bond donors (Lipinski definition) is 1. The van der Waals surface area contributed by atoms with E-state index in [1.807, 2.05) is 0 Å². The average Bonchev–Trinajstić information content (AvgIpc) is 2.82. The standard InChI is InChI=1S/C16H9ClF2N2O3/c17-9-6-4-8(5-7-9)13-15(23)21(16(24)20-13)14(22)12-10(18)2-1-3-11(12)19/h1-7,13H,(H,20,24). The highest BCUT2D eigenvalue weighted by Crippen LogP contribution is 2.26. The van der Waals surface area contributed by atoms with Crippen molar-refractivity contribution in [3.8, 4) is 0 Å². The number of nitrogens with one attached hydrogen (secondary N) is 1. The maximum absolute atomic E-state index is 13.7. The molecule has 3 rings (SSSR count). The Bertz CT molecular complexity index is 835. The minimum absolute atomic E-state index is 0.195. The summed E-state index contributed by atoms with van der Waals surface area (Å²) in [5, 5.41) is 2.74. The number of hydrogen-bond acceptors (Lipinski definition) is 3. The summed E-state index contributed by atoms with van der Waals surface area (Å²) in [6, 6.07) is 6.65. The average molecular weight is 351 g/mol. The number of carbonyl (C=O) groups is 3. The number of benzene rings is 2. The van der Waals surface area contributed by atoms with Crippen LogP contribution in [0.5, 0.6) is 0 Å². The van der Waals surface area contributed by atoms with E-state index in [-0.39, 0.29) is 4.90 Å². The van der Waals surface area contributed by atoms with Gasteiger partial charge in [0.05, 0.1) is 0 Å². The van der Waals surface area contributed by atoms with Crippen molar-refractivity contribution in [3.63, 3.8) is 0 Å². The first-order valence-electron chi connectivity index (χ1n) is 6.78. The van der Waals surface area contributed by atoms with Gasteiger partial charge in [-0.05, 0) is 29.8 Å². The zero-order valence-corrected chi connectivity index (χ0v) is 12.7. The van der Waals surface area contributed by atoms with E-state index in [9.17, 15) is 23.2 Å². The Labute approximate surface area is 139 Å². The highest BCUT2D eigenvalue weighted by molar-refractivity contribution is 6.30. The minimum Gasteiger partial charge on any atom is -0.321 e. The van der Waals surface area contributed by atoms with Crippen LogP contribution in [0.25, 0.3) is 0 Å². The molecule has 0 aromatic heterocycles. The van der Waals surface area contributed by atoms with Crippen LogP contribution < -0.4 is 5.32 Å². The SMILES string of the molecule is O=C1NC(c2ccc(Cl)cc2)C(=O)N1C(=O)c1c(F)cccc1F. The summed E-state index contributed by atoms with van der Waals surface area (Å²) in [5.41, 5.74) is -0.570. The Morgan fingerprint density at radius 3 is 2.21 bits per heavy atom. The molecule has 5 nitrogen and oxygen atoms in total. The second-order valence-electron chi connectivity index (χ2n) is 5.01. The molecule has 1 unspecified atom stereocenters. The van der Waals surface area contributed by atoms with Crippen LogP contribution >= 0.6 is 11.6 Å². The van der Waals surface area contributed by atoms with Crippen molar-refractivity contribution in [2.45, 2.75) is 6.04 Å².